The first kappa shape index (κ1) is 15.0. The molecule has 1 saturated carbocycles. The number of benzene rings is 1. The Morgan fingerprint density at radius 3 is 2.65 bits per heavy atom. The van der Waals surface area contributed by atoms with Crippen LogP contribution in [0.4, 0.5) is 5.69 Å². The molecule has 0 bridgehead atoms. The summed E-state index contributed by atoms with van der Waals surface area (Å²) in [5.74, 6) is 0.602. The van der Waals surface area contributed by atoms with Crippen molar-refractivity contribution in [3.63, 3.8) is 0 Å². The minimum absolute atomic E-state index is 0.0355. The van der Waals surface area contributed by atoms with Crippen LogP contribution in [0.25, 0.3) is 0 Å². The van der Waals surface area contributed by atoms with Crippen LogP contribution in [0.3, 0.4) is 0 Å². The van der Waals surface area contributed by atoms with Crippen molar-refractivity contribution in [3.05, 3.63) is 29.8 Å². The van der Waals surface area contributed by atoms with Crippen LogP contribution in [-0.2, 0) is 11.3 Å². The van der Waals surface area contributed by atoms with Gasteiger partial charge in [0.15, 0.2) is 0 Å². The normalized spacial score (nSPS) is 22.2. The molecule has 0 radical (unpaired) electrons. The summed E-state index contributed by atoms with van der Waals surface area (Å²) in [4.78, 5) is 13.4. The van der Waals surface area contributed by atoms with E-state index in [1.54, 1.807) is 0 Å². The SMILES string of the molecule is CC(=O)Nc1ccc(CN(C)C2CCCC2CN)cc1. The predicted molar refractivity (Wildman–Crippen MR) is 82.4 cm³/mol. The number of anilines is 1. The molecule has 2 rings (SSSR count). The number of nitrogens with zero attached hydrogens (tertiary/aromatic N) is 1. The molecule has 0 aromatic heterocycles. The molecule has 110 valence electrons. The van der Waals surface area contributed by atoms with Crippen LogP contribution in [0.15, 0.2) is 24.3 Å². The van der Waals surface area contributed by atoms with Crippen LogP contribution in [0.2, 0.25) is 0 Å². The second kappa shape index (κ2) is 6.86. The Balaban J connectivity index is 1.94. The average Bonchev–Trinajstić information content (AvgIpc) is 2.89. The molecule has 1 amide bonds. The molecular weight excluding hydrogens is 250 g/mol. The van der Waals surface area contributed by atoms with Crippen LogP contribution < -0.4 is 11.1 Å². The fourth-order valence-electron chi connectivity index (χ4n) is 3.17. The third kappa shape index (κ3) is 3.81. The van der Waals surface area contributed by atoms with Gasteiger partial charge in [0.25, 0.3) is 0 Å². The number of hydrogen-bond acceptors (Lipinski definition) is 3. The summed E-state index contributed by atoms with van der Waals surface area (Å²) in [6, 6.07) is 8.68. The van der Waals surface area contributed by atoms with Gasteiger partial charge in [-0.05, 0) is 50.0 Å². The number of rotatable bonds is 5. The number of hydrogen-bond donors (Lipinski definition) is 2. The highest BCUT2D eigenvalue weighted by Crippen LogP contribution is 2.29. The van der Waals surface area contributed by atoms with Crippen molar-refractivity contribution in [2.75, 3.05) is 18.9 Å². The van der Waals surface area contributed by atoms with E-state index in [-0.39, 0.29) is 5.91 Å². The number of nitrogens with two attached hydrogens (primary N) is 1. The summed E-state index contributed by atoms with van der Waals surface area (Å²) in [6.07, 6.45) is 3.80. The molecule has 0 aliphatic heterocycles. The predicted octanol–water partition coefficient (Wildman–Crippen LogP) is 2.20. The number of carbonyl (C=O) groups is 1. The van der Waals surface area contributed by atoms with Gasteiger partial charge < -0.3 is 11.1 Å². The largest absolute Gasteiger partial charge is 0.330 e. The van der Waals surface area contributed by atoms with Gasteiger partial charge in [-0.3, -0.25) is 9.69 Å². The first-order valence-electron chi connectivity index (χ1n) is 7.37. The highest BCUT2D eigenvalue weighted by atomic mass is 16.1. The fourth-order valence-corrected chi connectivity index (χ4v) is 3.17. The van der Waals surface area contributed by atoms with Crippen molar-refractivity contribution < 1.29 is 4.79 Å². The highest BCUT2D eigenvalue weighted by molar-refractivity contribution is 5.88. The highest BCUT2D eigenvalue weighted by Gasteiger charge is 2.29. The lowest BCUT2D eigenvalue weighted by molar-refractivity contribution is -0.114. The summed E-state index contributed by atoms with van der Waals surface area (Å²) < 4.78 is 0. The first-order valence-corrected chi connectivity index (χ1v) is 7.37. The second-order valence-electron chi connectivity index (χ2n) is 5.79. The molecule has 2 unspecified atom stereocenters. The molecule has 1 fully saturated rings. The zero-order valence-corrected chi connectivity index (χ0v) is 12.4. The molecule has 1 aromatic carbocycles. The van der Waals surface area contributed by atoms with E-state index in [2.05, 4.69) is 29.4 Å². The maximum Gasteiger partial charge on any atom is 0.221 e. The molecule has 0 spiro atoms. The van der Waals surface area contributed by atoms with Gasteiger partial charge in [0.2, 0.25) is 5.91 Å². The van der Waals surface area contributed by atoms with Crippen molar-refractivity contribution >= 4 is 11.6 Å². The van der Waals surface area contributed by atoms with Crippen molar-refractivity contribution in [1.29, 1.82) is 0 Å². The first-order chi connectivity index (χ1) is 9.60. The summed E-state index contributed by atoms with van der Waals surface area (Å²) in [6.45, 7) is 3.24. The minimum Gasteiger partial charge on any atom is -0.330 e. The molecule has 1 aromatic rings. The number of amides is 1. The van der Waals surface area contributed by atoms with Crippen LogP contribution >= 0.6 is 0 Å². The van der Waals surface area contributed by atoms with Gasteiger partial charge in [0.1, 0.15) is 0 Å². The molecule has 2 atom stereocenters. The standard InChI is InChI=1S/C16H25N3O/c1-12(20)18-15-8-6-13(7-9-15)11-19(2)16-5-3-4-14(16)10-17/h6-9,14,16H,3-5,10-11,17H2,1-2H3,(H,18,20). The molecular formula is C16H25N3O. The zero-order valence-electron chi connectivity index (χ0n) is 12.4. The van der Waals surface area contributed by atoms with E-state index in [1.165, 1.54) is 31.7 Å². The van der Waals surface area contributed by atoms with Gasteiger partial charge in [-0.1, -0.05) is 18.6 Å². The summed E-state index contributed by atoms with van der Waals surface area (Å²) in [7, 11) is 2.18. The Kier molecular flexibility index (Phi) is 5.15. The van der Waals surface area contributed by atoms with Gasteiger partial charge in [0, 0.05) is 25.2 Å². The number of carbonyl (C=O) groups excluding carboxylic acids is 1. The molecule has 1 aliphatic carbocycles. The van der Waals surface area contributed by atoms with Crippen LogP contribution in [0, 0.1) is 5.92 Å². The molecule has 0 saturated heterocycles. The van der Waals surface area contributed by atoms with E-state index in [4.69, 9.17) is 5.73 Å². The third-order valence-electron chi connectivity index (χ3n) is 4.19. The molecule has 0 heterocycles. The monoisotopic (exact) mass is 275 g/mol. The van der Waals surface area contributed by atoms with Gasteiger partial charge in [-0.2, -0.15) is 0 Å². The van der Waals surface area contributed by atoms with Gasteiger partial charge in [0.05, 0.1) is 0 Å². The Morgan fingerprint density at radius 2 is 2.05 bits per heavy atom. The van der Waals surface area contributed by atoms with Crippen LogP contribution in [0.5, 0.6) is 0 Å². The summed E-state index contributed by atoms with van der Waals surface area (Å²) in [5.41, 5.74) is 7.97. The Hall–Kier alpha value is -1.39. The zero-order chi connectivity index (χ0) is 14.5. The third-order valence-corrected chi connectivity index (χ3v) is 4.19. The molecule has 4 heteroatoms. The molecule has 3 N–H and O–H groups in total. The second-order valence-corrected chi connectivity index (χ2v) is 5.79. The molecule has 1 aliphatic rings. The number of nitrogens with one attached hydrogen (secondary N) is 1. The van der Waals surface area contributed by atoms with Gasteiger partial charge >= 0.3 is 0 Å². The van der Waals surface area contributed by atoms with E-state index in [9.17, 15) is 4.79 Å². The van der Waals surface area contributed by atoms with Crippen molar-refractivity contribution in [2.45, 2.75) is 38.8 Å². The van der Waals surface area contributed by atoms with Crippen LogP contribution in [-0.4, -0.2) is 30.4 Å². The summed E-state index contributed by atoms with van der Waals surface area (Å²) >= 11 is 0. The average molecular weight is 275 g/mol. The lowest BCUT2D eigenvalue weighted by atomic mass is 10.0. The van der Waals surface area contributed by atoms with Crippen molar-refractivity contribution in [1.82, 2.24) is 4.90 Å². The van der Waals surface area contributed by atoms with E-state index in [0.29, 0.717) is 12.0 Å². The van der Waals surface area contributed by atoms with E-state index in [1.807, 2.05) is 12.1 Å². The lowest BCUT2D eigenvalue weighted by Crippen LogP contribution is -2.37. The van der Waals surface area contributed by atoms with E-state index < -0.39 is 0 Å². The maximum atomic E-state index is 11.0. The Labute approximate surface area is 121 Å². The lowest BCUT2D eigenvalue weighted by Gasteiger charge is -2.29. The minimum atomic E-state index is -0.0355. The quantitative estimate of drug-likeness (QED) is 0.866. The van der Waals surface area contributed by atoms with Gasteiger partial charge in [-0.25, -0.2) is 0 Å². The van der Waals surface area contributed by atoms with Gasteiger partial charge in [-0.15, -0.1) is 0 Å². The summed E-state index contributed by atoms with van der Waals surface area (Å²) in [5, 5.41) is 2.79. The van der Waals surface area contributed by atoms with Crippen molar-refractivity contribution in [2.24, 2.45) is 11.7 Å². The fraction of sp³-hybridized carbons (Fsp3) is 0.562. The smallest absolute Gasteiger partial charge is 0.221 e. The molecule has 4 nitrogen and oxygen atoms in total. The topological polar surface area (TPSA) is 58.4 Å². The van der Waals surface area contributed by atoms with Crippen molar-refractivity contribution in [3.8, 4) is 0 Å². The Morgan fingerprint density at radius 1 is 1.35 bits per heavy atom. The Bertz CT molecular complexity index is 444. The van der Waals surface area contributed by atoms with E-state index >= 15 is 0 Å². The molecule has 20 heavy (non-hydrogen) atoms. The maximum absolute atomic E-state index is 11.0. The van der Waals surface area contributed by atoms with E-state index in [0.717, 1.165) is 18.8 Å². The van der Waals surface area contributed by atoms with Crippen LogP contribution in [0.1, 0.15) is 31.7 Å².